The Labute approximate surface area is 128 Å². The van der Waals surface area contributed by atoms with Gasteiger partial charge in [-0.3, -0.25) is 0 Å². The summed E-state index contributed by atoms with van der Waals surface area (Å²) in [6, 6.07) is 0. The molecular weight excluding hydrogens is 260 g/mol. The van der Waals surface area contributed by atoms with E-state index >= 15 is 0 Å². The van der Waals surface area contributed by atoms with Crippen LogP contribution in [0.2, 0.25) is 0 Å². The molecule has 0 bridgehead atoms. The maximum absolute atomic E-state index is 10.5. The molecule has 1 aliphatic rings. The second kappa shape index (κ2) is 7.82. The monoisotopic (exact) mass is 286 g/mol. The van der Waals surface area contributed by atoms with Gasteiger partial charge in [0.2, 0.25) is 0 Å². The van der Waals surface area contributed by atoms with Crippen molar-refractivity contribution in [3.05, 3.63) is 59.3 Å². The van der Waals surface area contributed by atoms with E-state index in [9.17, 15) is 4.79 Å². The number of carbonyl (C=O) groups is 1. The molecule has 0 atom stereocenters. The Morgan fingerprint density at radius 1 is 1.24 bits per heavy atom. The van der Waals surface area contributed by atoms with Crippen molar-refractivity contribution in [2.24, 2.45) is 5.41 Å². The predicted octanol–water partition coefficient (Wildman–Crippen LogP) is 5.21. The number of hydrogen-bond acceptors (Lipinski definition) is 1. The van der Waals surface area contributed by atoms with E-state index in [4.69, 9.17) is 5.11 Å². The summed E-state index contributed by atoms with van der Waals surface area (Å²) in [5.74, 6) is -0.913. The van der Waals surface area contributed by atoms with Gasteiger partial charge in [-0.05, 0) is 49.7 Å². The molecule has 0 aromatic rings. The van der Waals surface area contributed by atoms with Crippen molar-refractivity contribution in [3.8, 4) is 0 Å². The molecule has 2 nitrogen and oxygen atoms in total. The molecule has 0 spiro atoms. The molecule has 0 aromatic heterocycles. The van der Waals surface area contributed by atoms with Crippen LogP contribution in [0.15, 0.2) is 59.3 Å². The maximum atomic E-state index is 10.5. The van der Waals surface area contributed by atoms with Crippen LogP contribution in [0.3, 0.4) is 0 Å². The maximum Gasteiger partial charge on any atom is 0.328 e. The second-order valence-corrected chi connectivity index (χ2v) is 6.27. The highest BCUT2D eigenvalue weighted by Crippen LogP contribution is 2.37. The SMILES string of the molecule is CC(=C/C=C/C(C)=C/C(=O)O)/C=C/C1=CCCCC1(C)C. The van der Waals surface area contributed by atoms with Gasteiger partial charge in [-0.1, -0.05) is 55.9 Å². The third kappa shape index (κ3) is 6.44. The summed E-state index contributed by atoms with van der Waals surface area (Å²) in [6.45, 7) is 8.41. The summed E-state index contributed by atoms with van der Waals surface area (Å²) >= 11 is 0. The molecule has 0 heterocycles. The van der Waals surface area contributed by atoms with Gasteiger partial charge in [-0.2, -0.15) is 0 Å². The largest absolute Gasteiger partial charge is 0.478 e. The van der Waals surface area contributed by atoms with E-state index in [1.54, 1.807) is 13.0 Å². The van der Waals surface area contributed by atoms with Gasteiger partial charge in [0.05, 0.1) is 0 Å². The van der Waals surface area contributed by atoms with Gasteiger partial charge >= 0.3 is 5.97 Å². The molecule has 2 heteroatoms. The Morgan fingerprint density at radius 3 is 2.57 bits per heavy atom. The van der Waals surface area contributed by atoms with Crippen LogP contribution in [-0.2, 0) is 4.79 Å². The van der Waals surface area contributed by atoms with Crippen molar-refractivity contribution in [1.29, 1.82) is 0 Å². The Hall–Kier alpha value is -1.83. The minimum atomic E-state index is -0.913. The van der Waals surface area contributed by atoms with Gasteiger partial charge in [0.15, 0.2) is 0 Å². The molecule has 0 unspecified atom stereocenters. The fourth-order valence-electron chi connectivity index (χ4n) is 2.39. The van der Waals surface area contributed by atoms with Crippen LogP contribution in [0.4, 0.5) is 0 Å². The molecule has 0 radical (unpaired) electrons. The van der Waals surface area contributed by atoms with Crippen LogP contribution in [0.1, 0.15) is 47.0 Å². The Kier molecular flexibility index (Phi) is 6.41. The average Bonchev–Trinajstić information content (AvgIpc) is 2.36. The zero-order valence-corrected chi connectivity index (χ0v) is 13.5. The number of hydrogen-bond donors (Lipinski definition) is 1. The molecular formula is C19H26O2. The van der Waals surface area contributed by atoms with E-state index < -0.39 is 5.97 Å². The highest BCUT2D eigenvalue weighted by atomic mass is 16.4. The van der Waals surface area contributed by atoms with Crippen molar-refractivity contribution in [1.82, 2.24) is 0 Å². The minimum absolute atomic E-state index is 0.270. The molecule has 0 saturated heterocycles. The number of aliphatic carboxylic acids is 1. The first-order valence-corrected chi connectivity index (χ1v) is 7.46. The van der Waals surface area contributed by atoms with Gasteiger partial charge in [-0.25, -0.2) is 4.79 Å². The lowest BCUT2D eigenvalue weighted by Gasteiger charge is -2.30. The summed E-state index contributed by atoms with van der Waals surface area (Å²) in [6.07, 6.45) is 17.2. The Bertz CT molecular complexity index is 526. The molecule has 21 heavy (non-hydrogen) atoms. The average molecular weight is 286 g/mol. The summed E-state index contributed by atoms with van der Waals surface area (Å²) in [5.41, 5.74) is 3.56. The predicted molar refractivity (Wildman–Crippen MR) is 89.1 cm³/mol. The lowest BCUT2D eigenvalue weighted by atomic mass is 9.75. The van der Waals surface area contributed by atoms with E-state index in [2.05, 4.69) is 32.1 Å². The molecule has 1 rings (SSSR count). The highest BCUT2D eigenvalue weighted by molar-refractivity contribution is 5.81. The Morgan fingerprint density at radius 2 is 1.95 bits per heavy atom. The van der Waals surface area contributed by atoms with E-state index in [-0.39, 0.29) is 5.41 Å². The van der Waals surface area contributed by atoms with Crippen molar-refractivity contribution in [2.45, 2.75) is 47.0 Å². The molecule has 0 fully saturated rings. The van der Waals surface area contributed by atoms with E-state index in [1.165, 1.54) is 30.9 Å². The lowest BCUT2D eigenvalue weighted by molar-refractivity contribution is -0.131. The van der Waals surface area contributed by atoms with Crippen molar-refractivity contribution < 1.29 is 9.90 Å². The quantitative estimate of drug-likeness (QED) is 0.556. The molecule has 1 N–H and O–H groups in total. The van der Waals surface area contributed by atoms with Crippen LogP contribution >= 0.6 is 0 Å². The molecule has 0 aromatic carbocycles. The normalized spacial score (nSPS) is 20.1. The zero-order chi connectivity index (χ0) is 15.9. The van der Waals surface area contributed by atoms with Gasteiger partial charge in [-0.15, -0.1) is 0 Å². The number of carboxylic acid groups (broad SMARTS) is 1. The van der Waals surface area contributed by atoms with Gasteiger partial charge in [0.1, 0.15) is 0 Å². The van der Waals surface area contributed by atoms with E-state index in [0.29, 0.717) is 0 Å². The lowest BCUT2D eigenvalue weighted by Crippen LogP contribution is -2.16. The van der Waals surface area contributed by atoms with Crippen molar-refractivity contribution in [3.63, 3.8) is 0 Å². The summed E-state index contributed by atoms with van der Waals surface area (Å²) < 4.78 is 0. The van der Waals surface area contributed by atoms with Crippen LogP contribution in [-0.4, -0.2) is 11.1 Å². The topological polar surface area (TPSA) is 37.3 Å². The highest BCUT2D eigenvalue weighted by Gasteiger charge is 2.23. The number of rotatable bonds is 5. The van der Waals surface area contributed by atoms with E-state index in [1.807, 2.05) is 19.1 Å². The van der Waals surface area contributed by atoms with Crippen molar-refractivity contribution in [2.75, 3.05) is 0 Å². The molecule has 0 amide bonds. The summed E-state index contributed by atoms with van der Waals surface area (Å²) in [7, 11) is 0. The van der Waals surface area contributed by atoms with Gasteiger partial charge < -0.3 is 5.11 Å². The number of carboxylic acids is 1. The fraction of sp³-hybridized carbons (Fsp3) is 0.421. The van der Waals surface area contributed by atoms with Crippen LogP contribution in [0.25, 0.3) is 0 Å². The third-order valence-electron chi connectivity index (χ3n) is 3.75. The number of allylic oxidation sites excluding steroid dienone is 9. The van der Waals surface area contributed by atoms with Crippen LogP contribution in [0, 0.1) is 5.41 Å². The van der Waals surface area contributed by atoms with Gasteiger partial charge in [0, 0.05) is 6.08 Å². The zero-order valence-electron chi connectivity index (χ0n) is 13.5. The first-order chi connectivity index (χ1) is 9.81. The molecule has 114 valence electrons. The van der Waals surface area contributed by atoms with Crippen LogP contribution < -0.4 is 0 Å². The smallest absolute Gasteiger partial charge is 0.328 e. The Balaban J connectivity index is 2.68. The first kappa shape index (κ1) is 17.2. The van der Waals surface area contributed by atoms with E-state index in [0.717, 1.165) is 11.1 Å². The third-order valence-corrected chi connectivity index (χ3v) is 3.75. The van der Waals surface area contributed by atoms with Crippen LogP contribution in [0.5, 0.6) is 0 Å². The second-order valence-electron chi connectivity index (χ2n) is 6.27. The molecule has 1 aliphatic carbocycles. The minimum Gasteiger partial charge on any atom is -0.478 e. The first-order valence-electron chi connectivity index (χ1n) is 7.46. The fourth-order valence-corrected chi connectivity index (χ4v) is 2.39. The van der Waals surface area contributed by atoms with Gasteiger partial charge in [0.25, 0.3) is 0 Å². The molecule has 0 saturated carbocycles. The van der Waals surface area contributed by atoms with Crippen molar-refractivity contribution >= 4 is 5.97 Å². The summed E-state index contributed by atoms with van der Waals surface area (Å²) in [5, 5.41) is 8.63. The summed E-state index contributed by atoms with van der Waals surface area (Å²) in [4.78, 5) is 10.5. The standard InChI is InChI=1S/C19H26O2/c1-15(8-7-9-16(2)14-18(20)21)11-12-17-10-5-6-13-19(17,3)4/h7-12,14H,5-6,13H2,1-4H3,(H,20,21)/b9-7+,12-11+,15-8-,16-14+. The molecule has 0 aliphatic heterocycles.